The van der Waals surface area contributed by atoms with Gasteiger partial charge in [0.1, 0.15) is 11.7 Å². The number of ether oxygens (including phenoxy) is 2. The van der Waals surface area contributed by atoms with E-state index in [4.69, 9.17) is 4.74 Å². The van der Waals surface area contributed by atoms with Crippen LogP contribution in [0.3, 0.4) is 0 Å². The molecule has 0 aliphatic rings. The Labute approximate surface area is 162 Å². The molecule has 0 saturated carbocycles. The van der Waals surface area contributed by atoms with E-state index in [1.54, 1.807) is 31.2 Å². The molecule has 0 spiro atoms. The summed E-state index contributed by atoms with van der Waals surface area (Å²) in [6.45, 7) is 3.13. The topological polar surface area (TPSA) is 107 Å². The molecule has 0 heterocycles. The maximum atomic E-state index is 12.6. The first kappa shape index (κ1) is 21.1. The fraction of sp³-hybridized carbons (Fsp3) is 0.333. The number of rotatable bonds is 9. The van der Waals surface area contributed by atoms with Crippen molar-refractivity contribution in [3.63, 3.8) is 0 Å². The van der Waals surface area contributed by atoms with Gasteiger partial charge in [0.2, 0.25) is 0 Å². The van der Waals surface area contributed by atoms with Gasteiger partial charge in [-0.25, -0.2) is 4.79 Å². The number of hydrogen-bond acceptors (Lipinski definition) is 7. The number of aromatic hydroxyl groups is 1. The zero-order valence-electron chi connectivity index (χ0n) is 15.8. The molecule has 2 aromatic rings. The second kappa shape index (κ2) is 9.64. The third-order valence-corrected chi connectivity index (χ3v) is 4.23. The smallest absolute Gasteiger partial charge is 0.375 e. The van der Waals surface area contributed by atoms with Crippen molar-refractivity contribution < 1.29 is 33.8 Å². The molecule has 1 N–H and O–H groups in total. The highest BCUT2D eigenvalue weighted by molar-refractivity contribution is 6.38. The third kappa shape index (κ3) is 4.73. The monoisotopic (exact) mass is 386 g/mol. The molecule has 0 fully saturated rings. The Morgan fingerprint density at radius 1 is 0.964 bits per heavy atom. The predicted octanol–water partition coefficient (Wildman–Crippen LogP) is 2.82. The van der Waals surface area contributed by atoms with Gasteiger partial charge in [0.05, 0.1) is 18.8 Å². The van der Waals surface area contributed by atoms with Crippen molar-refractivity contribution in [2.75, 3.05) is 13.2 Å². The number of phenols is 1. The van der Waals surface area contributed by atoms with Crippen LogP contribution in [0.15, 0.2) is 36.4 Å². The molecule has 0 aromatic heterocycles. The first-order valence-corrected chi connectivity index (χ1v) is 9.02. The Kier molecular flexibility index (Phi) is 7.26. The number of benzene rings is 2. The van der Waals surface area contributed by atoms with Crippen molar-refractivity contribution in [1.29, 1.82) is 0 Å². The fourth-order valence-corrected chi connectivity index (χ4v) is 2.83. The maximum Gasteiger partial charge on any atom is 0.375 e. The number of Topliss-reactive ketones (excluding diaryl/α,β-unsaturated/α-hetero) is 2. The van der Waals surface area contributed by atoms with E-state index in [0.717, 1.165) is 5.39 Å². The first-order valence-electron chi connectivity index (χ1n) is 9.02. The van der Waals surface area contributed by atoms with Crippen molar-refractivity contribution in [2.45, 2.75) is 26.7 Å². The molecule has 1 atom stereocenters. The lowest BCUT2D eigenvalue weighted by atomic mass is 9.93. The lowest BCUT2D eigenvalue weighted by Crippen LogP contribution is -2.33. The highest BCUT2D eigenvalue weighted by Gasteiger charge is 2.34. The van der Waals surface area contributed by atoms with Crippen LogP contribution in [0.25, 0.3) is 10.8 Å². The summed E-state index contributed by atoms with van der Waals surface area (Å²) in [4.78, 5) is 48.6. The van der Waals surface area contributed by atoms with Crippen molar-refractivity contribution >= 4 is 34.3 Å². The van der Waals surface area contributed by atoms with Crippen molar-refractivity contribution in [2.24, 2.45) is 5.92 Å². The fourth-order valence-electron chi connectivity index (χ4n) is 2.83. The maximum absolute atomic E-state index is 12.6. The Bertz CT molecular complexity index is 901. The van der Waals surface area contributed by atoms with Crippen LogP contribution in [0.1, 0.15) is 37.0 Å². The Morgan fingerprint density at radius 2 is 1.64 bits per heavy atom. The van der Waals surface area contributed by atoms with Crippen molar-refractivity contribution in [3.05, 3.63) is 42.0 Å². The van der Waals surface area contributed by atoms with Crippen molar-refractivity contribution in [3.8, 4) is 5.75 Å². The normalized spacial score (nSPS) is 11.6. The van der Waals surface area contributed by atoms with Crippen LogP contribution in [0.2, 0.25) is 0 Å². The van der Waals surface area contributed by atoms with Gasteiger partial charge in [0.25, 0.3) is 5.78 Å². The molecular formula is C21H22O7. The zero-order chi connectivity index (χ0) is 20.7. The van der Waals surface area contributed by atoms with Crippen LogP contribution in [-0.4, -0.2) is 41.8 Å². The van der Waals surface area contributed by atoms with Gasteiger partial charge in [-0.2, -0.15) is 0 Å². The number of hydrogen-bond donors (Lipinski definition) is 1. The minimum atomic E-state index is -1.43. The van der Waals surface area contributed by atoms with Crippen LogP contribution < -0.4 is 0 Å². The summed E-state index contributed by atoms with van der Waals surface area (Å²) in [6, 6.07) is 10.2. The van der Waals surface area contributed by atoms with Crippen LogP contribution in [0.5, 0.6) is 5.75 Å². The Morgan fingerprint density at radius 3 is 2.32 bits per heavy atom. The number of esters is 2. The summed E-state index contributed by atoms with van der Waals surface area (Å²) in [6.07, 6.45) is -0.442. The number of fused-ring (bicyclic) bond motifs is 1. The van der Waals surface area contributed by atoms with E-state index < -0.39 is 29.4 Å². The Hall–Kier alpha value is -3.22. The summed E-state index contributed by atoms with van der Waals surface area (Å²) >= 11 is 0. The van der Waals surface area contributed by atoms with Gasteiger partial charge < -0.3 is 14.6 Å². The quantitative estimate of drug-likeness (QED) is 0.306. The van der Waals surface area contributed by atoms with E-state index in [0.29, 0.717) is 5.39 Å². The average molecular weight is 386 g/mol. The molecule has 148 valence electrons. The molecule has 0 bridgehead atoms. The number of carbonyl (C=O) groups excluding carboxylic acids is 4. The Balaban J connectivity index is 2.18. The van der Waals surface area contributed by atoms with Gasteiger partial charge in [-0.1, -0.05) is 30.3 Å². The minimum absolute atomic E-state index is 0.00991. The molecular weight excluding hydrogens is 364 g/mol. The summed E-state index contributed by atoms with van der Waals surface area (Å²) in [5, 5.41) is 11.7. The molecule has 28 heavy (non-hydrogen) atoms. The molecule has 2 aromatic carbocycles. The summed E-state index contributed by atoms with van der Waals surface area (Å²) in [7, 11) is 0. The van der Waals surface area contributed by atoms with E-state index in [-0.39, 0.29) is 37.4 Å². The average Bonchev–Trinajstić information content (AvgIpc) is 2.68. The molecule has 0 radical (unpaired) electrons. The second-order valence-corrected chi connectivity index (χ2v) is 6.03. The third-order valence-electron chi connectivity index (χ3n) is 4.23. The van der Waals surface area contributed by atoms with Gasteiger partial charge in [-0.3, -0.25) is 14.4 Å². The molecule has 0 amide bonds. The van der Waals surface area contributed by atoms with Gasteiger partial charge >= 0.3 is 11.9 Å². The highest BCUT2D eigenvalue weighted by Crippen LogP contribution is 2.30. The minimum Gasteiger partial charge on any atom is -0.507 e. The van der Waals surface area contributed by atoms with Crippen molar-refractivity contribution in [1.82, 2.24) is 0 Å². The number of ketones is 2. The molecule has 7 nitrogen and oxygen atoms in total. The molecule has 0 unspecified atom stereocenters. The van der Waals surface area contributed by atoms with Gasteiger partial charge in [0.15, 0.2) is 5.78 Å². The SMILES string of the molecule is CCOC(=O)C(=O)[C@H](CCC(=O)c1ccc2ccccc2c1O)C(=O)OCC. The highest BCUT2D eigenvalue weighted by atomic mass is 16.5. The van der Waals surface area contributed by atoms with Gasteiger partial charge in [0, 0.05) is 11.8 Å². The second-order valence-electron chi connectivity index (χ2n) is 6.03. The first-order chi connectivity index (χ1) is 13.4. The van der Waals surface area contributed by atoms with E-state index in [1.807, 2.05) is 6.07 Å². The van der Waals surface area contributed by atoms with E-state index >= 15 is 0 Å². The molecule has 0 saturated heterocycles. The standard InChI is InChI=1S/C21H22O7/c1-3-27-20(25)16(19(24)21(26)28-4-2)11-12-17(22)15-10-9-13-7-5-6-8-14(13)18(15)23/h5-10,16,23H,3-4,11-12H2,1-2H3/t16-/m0/s1. The molecule has 0 aliphatic carbocycles. The molecule has 2 rings (SSSR count). The van der Waals surface area contributed by atoms with Crippen LogP contribution in [0, 0.1) is 5.92 Å². The van der Waals surface area contributed by atoms with Gasteiger partial charge in [-0.05, 0) is 31.7 Å². The summed E-state index contributed by atoms with van der Waals surface area (Å²) in [5.41, 5.74) is 0.0879. The lowest BCUT2D eigenvalue weighted by Gasteiger charge is -2.14. The molecule has 0 aliphatic heterocycles. The van der Waals surface area contributed by atoms with Gasteiger partial charge in [-0.15, -0.1) is 0 Å². The number of phenolic OH excluding ortho intramolecular Hbond substituents is 1. The summed E-state index contributed by atoms with van der Waals surface area (Å²) < 4.78 is 9.50. The molecule has 7 heteroatoms. The van der Waals surface area contributed by atoms with E-state index in [1.165, 1.54) is 13.0 Å². The largest absolute Gasteiger partial charge is 0.507 e. The van der Waals surface area contributed by atoms with Crippen LogP contribution in [-0.2, 0) is 23.9 Å². The van der Waals surface area contributed by atoms with E-state index in [9.17, 15) is 24.3 Å². The number of carbonyl (C=O) groups is 4. The zero-order valence-corrected chi connectivity index (χ0v) is 15.8. The summed E-state index contributed by atoms with van der Waals surface area (Å²) in [5.74, 6) is -5.10. The van der Waals surface area contributed by atoms with Crippen LogP contribution in [0.4, 0.5) is 0 Å². The van der Waals surface area contributed by atoms with Crippen LogP contribution >= 0.6 is 0 Å². The van der Waals surface area contributed by atoms with E-state index in [2.05, 4.69) is 4.74 Å². The lowest BCUT2D eigenvalue weighted by molar-refractivity contribution is -0.162. The predicted molar refractivity (Wildman–Crippen MR) is 101 cm³/mol.